The number of unbranched alkanes of at least 4 members (excludes halogenated alkanes) is 8. The van der Waals surface area contributed by atoms with E-state index in [4.69, 9.17) is 0 Å². The van der Waals surface area contributed by atoms with Crippen LogP contribution in [0.15, 0.2) is 77.3 Å². The molecule has 0 saturated heterocycles. The van der Waals surface area contributed by atoms with E-state index < -0.39 is 8.07 Å². The molecule has 51 heavy (non-hydrogen) atoms. The van der Waals surface area contributed by atoms with E-state index in [0.717, 1.165) is 0 Å². The van der Waals surface area contributed by atoms with Gasteiger partial charge in [0.2, 0.25) is 0 Å². The Morgan fingerprint density at radius 1 is 0.431 bits per heavy atom. The van der Waals surface area contributed by atoms with Crippen molar-refractivity contribution < 1.29 is 0 Å². The summed E-state index contributed by atoms with van der Waals surface area (Å²) in [6.45, 7) is 16.9. The lowest BCUT2D eigenvalue weighted by atomic mass is 9.69. The summed E-state index contributed by atoms with van der Waals surface area (Å²) in [5.74, 6) is 0. The average Bonchev–Trinajstić information content (AvgIpc) is 3.54. The first-order chi connectivity index (χ1) is 24.6. The Kier molecular flexibility index (Phi) is 12.2. The van der Waals surface area contributed by atoms with E-state index in [1.54, 1.807) is 27.4 Å². The minimum Gasteiger partial charge on any atom is -0.0656 e. The number of fused-ring (bicyclic) bond motifs is 6. The third-order valence-corrected chi connectivity index (χ3v) is 15.2. The Hall–Kier alpha value is -2.42. The molecule has 4 aromatic carbocycles. The monoisotopic (exact) mass is 760 g/mol. The zero-order chi connectivity index (χ0) is 36.2. The topological polar surface area (TPSA) is 0 Å². The van der Waals surface area contributed by atoms with Crippen LogP contribution in [0.5, 0.6) is 0 Å². The molecule has 0 aromatic heterocycles. The summed E-state index contributed by atoms with van der Waals surface area (Å²) in [5.41, 5.74) is 15.3. The Labute approximate surface area is 321 Å². The van der Waals surface area contributed by atoms with Crippen LogP contribution in [-0.4, -0.2) is 8.07 Å². The van der Waals surface area contributed by atoms with E-state index in [-0.39, 0.29) is 10.8 Å². The smallest absolute Gasteiger partial charge is 0.0656 e. The van der Waals surface area contributed by atoms with Crippen molar-refractivity contribution in [1.82, 2.24) is 0 Å². The quantitative estimate of drug-likeness (QED) is 0.0700. The van der Waals surface area contributed by atoms with Gasteiger partial charge in [0.15, 0.2) is 0 Å². The molecule has 0 radical (unpaired) electrons. The van der Waals surface area contributed by atoms with Crippen LogP contribution >= 0.6 is 15.9 Å². The normalized spacial score (nSPS) is 15.1. The molecule has 0 N–H and O–H groups in total. The van der Waals surface area contributed by atoms with Crippen molar-refractivity contribution in [3.63, 3.8) is 0 Å². The molecular weight excluding hydrogens is 697 g/mol. The zero-order valence-electron chi connectivity index (χ0n) is 33.1. The van der Waals surface area contributed by atoms with Crippen molar-refractivity contribution >= 4 is 29.2 Å². The molecule has 0 bridgehead atoms. The van der Waals surface area contributed by atoms with Gasteiger partial charge in [-0.15, -0.1) is 0 Å². The van der Waals surface area contributed by atoms with Gasteiger partial charge in [0.05, 0.1) is 8.07 Å². The van der Waals surface area contributed by atoms with Crippen molar-refractivity contribution in [2.45, 2.75) is 161 Å². The van der Waals surface area contributed by atoms with Gasteiger partial charge in [-0.1, -0.05) is 194 Å². The highest BCUT2D eigenvalue weighted by molar-refractivity contribution is 9.10. The Morgan fingerprint density at radius 2 is 0.784 bits per heavy atom. The lowest BCUT2D eigenvalue weighted by Crippen LogP contribution is -2.38. The van der Waals surface area contributed by atoms with Gasteiger partial charge in [-0.3, -0.25) is 0 Å². The van der Waals surface area contributed by atoms with Gasteiger partial charge in [-0.25, -0.2) is 0 Å². The second-order valence-electron chi connectivity index (χ2n) is 17.2. The fourth-order valence-electron chi connectivity index (χ4n) is 9.82. The number of benzene rings is 4. The molecule has 4 aromatic rings. The van der Waals surface area contributed by atoms with E-state index >= 15 is 0 Å². The molecule has 0 saturated carbocycles. The molecule has 2 heteroatoms. The first-order valence-corrected chi connectivity index (χ1v) is 25.2. The molecule has 0 aliphatic heterocycles. The standard InChI is InChI=1S/C49H65BrSi/c1-8-12-16-28-48(29-17-13-9-2)44-32-36(20-24-40(44)42-26-22-38(50)34-46(42)48)37-21-25-41-43-27-23-39(51(5,6)7)35-47(43)49(45(41)33-37,30-18-14-10-3)31-19-15-11-4/h20-27,32-35H,8-19,28-31H2,1-7H3. The van der Waals surface area contributed by atoms with E-state index in [2.05, 4.69) is 136 Å². The second kappa shape index (κ2) is 16.3. The van der Waals surface area contributed by atoms with Crippen molar-refractivity contribution in [3.8, 4) is 33.4 Å². The van der Waals surface area contributed by atoms with Crippen molar-refractivity contribution in [1.29, 1.82) is 0 Å². The number of hydrogen-bond acceptors (Lipinski definition) is 0. The molecule has 0 amide bonds. The van der Waals surface area contributed by atoms with Crippen LogP contribution in [0.25, 0.3) is 33.4 Å². The van der Waals surface area contributed by atoms with Crippen LogP contribution < -0.4 is 5.19 Å². The summed E-state index contributed by atoms with van der Waals surface area (Å²) >= 11 is 3.89. The Bertz CT molecular complexity index is 1790. The third-order valence-electron chi connectivity index (χ3n) is 12.7. The fraction of sp³-hybridized carbons (Fsp3) is 0.510. The maximum atomic E-state index is 3.89. The number of halogens is 1. The van der Waals surface area contributed by atoms with Crippen LogP contribution in [-0.2, 0) is 10.8 Å². The average molecular weight is 762 g/mol. The highest BCUT2D eigenvalue weighted by atomic mass is 79.9. The summed E-state index contributed by atoms with van der Waals surface area (Å²) in [6, 6.07) is 30.0. The van der Waals surface area contributed by atoms with E-state index in [1.165, 1.54) is 141 Å². The first-order valence-electron chi connectivity index (χ1n) is 20.9. The largest absolute Gasteiger partial charge is 0.0776 e. The van der Waals surface area contributed by atoms with E-state index in [9.17, 15) is 0 Å². The van der Waals surface area contributed by atoms with Gasteiger partial charge < -0.3 is 0 Å². The van der Waals surface area contributed by atoms with Crippen LogP contribution in [0.2, 0.25) is 19.6 Å². The summed E-state index contributed by atoms with van der Waals surface area (Å²) in [6.07, 6.45) is 20.5. The second-order valence-corrected chi connectivity index (χ2v) is 23.2. The SMILES string of the molecule is CCCCCC1(CCCCC)c2cc(Br)ccc2-c2ccc(-c3ccc4c(c3)C(CCCCC)(CCCCC)c3cc([Si](C)(C)C)ccc3-4)cc21. The zero-order valence-corrected chi connectivity index (χ0v) is 35.7. The van der Waals surface area contributed by atoms with Gasteiger partial charge in [-0.2, -0.15) is 0 Å². The molecule has 0 unspecified atom stereocenters. The molecule has 0 spiro atoms. The van der Waals surface area contributed by atoms with Gasteiger partial charge in [0.25, 0.3) is 0 Å². The Balaban J connectivity index is 1.51. The minimum absolute atomic E-state index is 0.0824. The first kappa shape index (κ1) is 38.3. The molecule has 0 atom stereocenters. The number of hydrogen-bond donors (Lipinski definition) is 0. The lowest BCUT2D eigenvalue weighted by Gasteiger charge is -2.34. The van der Waals surface area contributed by atoms with Gasteiger partial charge in [0, 0.05) is 15.3 Å². The summed E-state index contributed by atoms with van der Waals surface area (Å²) in [7, 11) is -1.46. The highest BCUT2D eigenvalue weighted by Gasteiger charge is 2.44. The predicted molar refractivity (Wildman–Crippen MR) is 232 cm³/mol. The molecule has 272 valence electrons. The molecule has 6 rings (SSSR count). The molecule has 2 aliphatic carbocycles. The van der Waals surface area contributed by atoms with Crippen molar-refractivity contribution in [2.24, 2.45) is 0 Å². The van der Waals surface area contributed by atoms with Gasteiger partial charge in [0.1, 0.15) is 0 Å². The van der Waals surface area contributed by atoms with Crippen LogP contribution in [0.1, 0.15) is 153 Å². The maximum absolute atomic E-state index is 3.89. The number of rotatable bonds is 18. The van der Waals surface area contributed by atoms with Crippen molar-refractivity contribution in [3.05, 3.63) is 99.5 Å². The lowest BCUT2D eigenvalue weighted by molar-refractivity contribution is 0.405. The van der Waals surface area contributed by atoms with E-state index in [0.29, 0.717) is 0 Å². The van der Waals surface area contributed by atoms with Crippen LogP contribution in [0.3, 0.4) is 0 Å². The van der Waals surface area contributed by atoms with Gasteiger partial charge >= 0.3 is 0 Å². The third kappa shape index (κ3) is 7.40. The van der Waals surface area contributed by atoms with Crippen molar-refractivity contribution in [2.75, 3.05) is 0 Å². The minimum atomic E-state index is -1.46. The molecular formula is C49H65BrSi. The summed E-state index contributed by atoms with van der Waals surface area (Å²) in [5, 5.41) is 1.61. The Morgan fingerprint density at radius 3 is 1.18 bits per heavy atom. The van der Waals surface area contributed by atoms with Gasteiger partial charge in [-0.05, 0) is 106 Å². The fourth-order valence-corrected chi connectivity index (χ4v) is 11.3. The van der Waals surface area contributed by atoms with Crippen LogP contribution in [0.4, 0.5) is 0 Å². The molecule has 0 heterocycles. The highest BCUT2D eigenvalue weighted by Crippen LogP contribution is 2.57. The molecule has 0 nitrogen and oxygen atoms in total. The summed E-state index contributed by atoms with van der Waals surface area (Å²) in [4.78, 5) is 0. The van der Waals surface area contributed by atoms with Crippen LogP contribution in [0, 0.1) is 0 Å². The summed E-state index contributed by atoms with van der Waals surface area (Å²) < 4.78 is 1.21. The molecule has 2 aliphatic rings. The molecule has 0 fully saturated rings. The predicted octanol–water partition coefficient (Wildman–Crippen LogP) is 15.5. The maximum Gasteiger partial charge on any atom is 0.0776 e. The van der Waals surface area contributed by atoms with E-state index in [1.807, 2.05) is 0 Å².